The van der Waals surface area contributed by atoms with E-state index in [9.17, 15) is 14.4 Å². The van der Waals surface area contributed by atoms with Crippen LogP contribution in [0.5, 0.6) is 0 Å². The standard InChI is InChI=1S/C22H22N2O4S/c1-15(25)23-13-12-18-9-10-21(29-18)20(26)14-28-22(27)11-8-17-7-6-16-4-2-3-5-19(16)24-17/h2-7,9-10H,8,11-14H2,1H3,(H,23,25). The Labute approximate surface area is 172 Å². The first kappa shape index (κ1) is 20.7. The number of rotatable bonds is 9. The zero-order valence-electron chi connectivity index (χ0n) is 16.1. The molecule has 1 N–H and O–H groups in total. The van der Waals surface area contributed by atoms with E-state index in [-0.39, 0.29) is 24.7 Å². The van der Waals surface area contributed by atoms with Gasteiger partial charge < -0.3 is 10.1 Å². The van der Waals surface area contributed by atoms with E-state index in [0.29, 0.717) is 24.3 Å². The summed E-state index contributed by atoms with van der Waals surface area (Å²) in [7, 11) is 0. The summed E-state index contributed by atoms with van der Waals surface area (Å²) >= 11 is 1.35. The predicted molar refractivity (Wildman–Crippen MR) is 112 cm³/mol. The van der Waals surface area contributed by atoms with Gasteiger partial charge in [0.05, 0.1) is 16.8 Å². The fourth-order valence-electron chi connectivity index (χ4n) is 2.79. The molecule has 1 amide bonds. The fraction of sp³-hybridized carbons (Fsp3) is 0.273. The van der Waals surface area contributed by atoms with Crippen LogP contribution in [0.15, 0.2) is 48.5 Å². The summed E-state index contributed by atoms with van der Waals surface area (Å²) in [6.45, 7) is 1.73. The second kappa shape index (κ2) is 9.93. The van der Waals surface area contributed by atoms with Gasteiger partial charge in [-0.3, -0.25) is 19.4 Å². The summed E-state index contributed by atoms with van der Waals surface area (Å²) < 4.78 is 5.12. The number of nitrogens with zero attached hydrogens (tertiary/aromatic N) is 1. The zero-order chi connectivity index (χ0) is 20.6. The molecule has 29 heavy (non-hydrogen) atoms. The Bertz CT molecular complexity index is 1030. The number of ketones is 1. The van der Waals surface area contributed by atoms with Crippen molar-refractivity contribution in [1.82, 2.24) is 10.3 Å². The number of aromatic nitrogens is 1. The molecule has 0 spiro atoms. The Morgan fingerprint density at radius 1 is 1.03 bits per heavy atom. The Morgan fingerprint density at radius 2 is 1.86 bits per heavy atom. The molecule has 0 atom stereocenters. The first-order chi connectivity index (χ1) is 14.0. The minimum Gasteiger partial charge on any atom is -0.457 e. The van der Waals surface area contributed by atoms with Crippen LogP contribution in [0.2, 0.25) is 0 Å². The Kier molecular flexibility index (Phi) is 7.08. The van der Waals surface area contributed by atoms with E-state index in [4.69, 9.17) is 4.74 Å². The number of carbonyl (C=O) groups excluding carboxylic acids is 3. The number of benzene rings is 1. The summed E-state index contributed by atoms with van der Waals surface area (Å²) in [4.78, 5) is 41.2. The second-order valence-corrected chi connectivity index (χ2v) is 7.75. The van der Waals surface area contributed by atoms with Gasteiger partial charge in [-0.15, -0.1) is 11.3 Å². The number of nitrogens with one attached hydrogen (secondary N) is 1. The number of Topliss-reactive ketones (excluding diaryl/α,β-unsaturated/α-hetero) is 1. The number of amides is 1. The van der Waals surface area contributed by atoms with E-state index >= 15 is 0 Å². The maximum absolute atomic E-state index is 12.2. The average molecular weight is 410 g/mol. The van der Waals surface area contributed by atoms with Gasteiger partial charge in [-0.05, 0) is 30.7 Å². The van der Waals surface area contributed by atoms with Crippen LogP contribution in [0.25, 0.3) is 10.9 Å². The Hall–Kier alpha value is -3.06. The van der Waals surface area contributed by atoms with Gasteiger partial charge in [0, 0.05) is 35.8 Å². The molecule has 7 heteroatoms. The van der Waals surface area contributed by atoms with Crippen LogP contribution in [0, 0.1) is 0 Å². The van der Waals surface area contributed by atoms with Crippen LogP contribution in [-0.4, -0.2) is 35.8 Å². The highest BCUT2D eigenvalue weighted by Gasteiger charge is 2.13. The molecule has 150 valence electrons. The van der Waals surface area contributed by atoms with Crippen molar-refractivity contribution in [2.75, 3.05) is 13.2 Å². The van der Waals surface area contributed by atoms with Crippen LogP contribution in [0.1, 0.15) is 33.6 Å². The fourth-order valence-corrected chi connectivity index (χ4v) is 3.72. The van der Waals surface area contributed by atoms with Crippen molar-refractivity contribution in [2.24, 2.45) is 0 Å². The summed E-state index contributed by atoms with van der Waals surface area (Å²) in [5, 5.41) is 3.77. The van der Waals surface area contributed by atoms with Crippen LogP contribution in [0.3, 0.4) is 0 Å². The molecule has 0 aliphatic heterocycles. The molecule has 3 aromatic rings. The molecule has 0 unspecified atom stereocenters. The summed E-state index contributed by atoms with van der Waals surface area (Å²) in [5.74, 6) is -0.725. The largest absolute Gasteiger partial charge is 0.457 e. The molecule has 0 saturated carbocycles. The lowest BCUT2D eigenvalue weighted by atomic mass is 10.1. The van der Waals surface area contributed by atoms with Crippen molar-refractivity contribution < 1.29 is 19.1 Å². The molecular weight excluding hydrogens is 388 g/mol. The highest BCUT2D eigenvalue weighted by atomic mass is 32.1. The van der Waals surface area contributed by atoms with E-state index in [1.165, 1.54) is 18.3 Å². The smallest absolute Gasteiger partial charge is 0.306 e. The SMILES string of the molecule is CC(=O)NCCc1ccc(C(=O)COC(=O)CCc2ccc3ccccc3n2)s1. The molecular formula is C22H22N2O4S. The first-order valence-corrected chi connectivity index (χ1v) is 10.2. The van der Waals surface area contributed by atoms with Crippen molar-refractivity contribution in [3.05, 3.63) is 64.0 Å². The Balaban J connectivity index is 1.43. The summed E-state index contributed by atoms with van der Waals surface area (Å²) in [6.07, 6.45) is 1.30. The van der Waals surface area contributed by atoms with Crippen molar-refractivity contribution in [3.63, 3.8) is 0 Å². The number of hydrogen-bond donors (Lipinski definition) is 1. The van der Waals surface area contributed by atoms with Crippen molar-refractivity contribution in [2.45, 2.75) is 26.2 Å². The minimum atomic E-state index is -0.421. The highest BCUT2D eigenvalue weighted by Crippen LogP contribution is 2.18. The maximum Gasteiger partial charge on any atom is 0.306 e. The molecule has 1 aromatic carbocycles. The third-order valence-corrected chi connectivity index (χ3v) is 5.47. The van der Waals surface area contributed by atoms with Gasteiger partial charge in [0.15, 0.2) is 6.61 Å². The van der Waals surface area contributed by atoms with E-state index in [2.05, 4.69) is 10.3 Å². The molecule has 2 aromatic heterocycles. The number of para-hydroxylation sites is 1. The molecule has 0 bridgehead atoms. The lowest BCUT2D eigenvalue weighted by Crippen LogP contribution is -2.22. The quantitative estimate of drug-likeness (QED) is 0.432. The molecule has 0 radical (unpaired) electrons. The van der Waals surface area contributed by atoms with E-state index < -0.39 is 5.97 Å². The van der Waals surface area contributed by atoms with Crippen molar-refractivity contribution in [1.29, 1.82) is 0 Å². The summed E-state index contributed by atoms with van der Waals surface area (Å²) in [5.41, 5.74) is 1.70. The van der Waals surface area contributed by atoms with Gasteiger partial charge in [-0.25, -0.2) is 0 Å². The topological polar surface area (TPSA) is 85.4 Å². The summed E-state index contributed by atoms with van der Waals surface area (Å²) in [6, 6.07) is 15.3. The lowest BCUT2D eigenvalue weighted by Gasteiger charge is -2.04. The molecule has 6 nitrogen and oxygen atoms in total. The number of pyridine rings is 1. The molecule has 0 aliphatic carbocycles. The number of esters is 1. The number of ether oxygens (including phenoxy) is 1. The normalized spacial score (nSPS) is 10.7. The maximum atomic E-state index is 12.2. The number of carbonyl (C=O) groups is 3. The van der Waals surface area contributed by atoms with Crippen LogP contribution in [-0.2, 0) is 27.2 Å². The van der Waals surface area contributed by atoms with E-state index in [1.807, 2.05) is 42.5 Å². The van der Waals surface area contributed by atoms with Gasteiger partial charge in [-0.1, -0.05) is 24.3 Å². The number of aryl methyl sites for hydroxylation is 1. The van der Waals surface area contributed by atoms with Gasteiger partial charge in [0.25, 0.3) is 0 Å². The zero-order valence-corrected chi connectivity index (χ0v) is 17.0. The Morgan fingerprint density at radius 3 is 2.69 bits per heavy atom. The number of fused-ring (bicyclic) bond motifs is 1. The number of thiophene rings is 1. The molecule has 3 rings (SSSR count). The minimum absolute atomic E-state index is 0.0799. The molecule has 0 aliphatic rings. The van der Waals surface area contributed by atoms with Gasteiger partial charge in [0.2, 0.25) is 11.7 Å². The van der Waals surface area contributed by atoms with Crippen molar-refractivity contribution >= 4 is 39.9 Å². The van der Waals surface area contributed by atoms with E-state index in [1.54, 1.807) is 6.07 Å². The molecule has 0 saturated heterocycles. The molecule has 0 fully saturated rings. The monoisotopic (exact) mass is 410 g/mol. The second-order valence-electron chi connectivity index (χ2n) is 6.58. The third kappa shape index (κ3) is 6.22. The van der Waals surface area contributed by atoms with Gasteiger partial charge >= 0.3 is 5.97 Å². The van der Waals surface area contributed by atoms with Gasteiger partial charge in [-0.2, -0.15) is 0 Å². The van der Waals surface area contributed by atoms with Gasteiger partial charge in [0.1, 0.15) is 0 Å². The van der Waals surface area contributed by atoms with Crippen LogP contribution in [0.4, 0.5) is 0 Å². The highest BCUT2D eigenvalue weighted by molar-refractivity contribution is 7.14. The van der Waals surface area contributed by atoms with E-state index in [0.717, 1.165) is 21.5 Å². The number of hydrogen-bond acceptors (Lipinski definition) is 6. The molecule has 2 heterocycles. The lowest BCUT2D eigenvalue weighted by molar-refractivity contribution is -0.142. The first-order valence-electron chi connectivity index (χ1n) is 9.38. The average Bonchev–Trinajstić information content (AvgIpc) is 3.19. The van der Waals surface area contributed by atoms with Crippen molar-refractivity contribution in [3.8, 4) is 0 Å². The van der Waals surface area contributed by atoms with Crippen LogP contribution >= 0.6 is 11.3 Å². The predicted octanol–water partition coefficient (Wildman–Crippen LogP) is 3.33. The van der Waals surface area contributed by atoms with Crippen LogP contribution < -0.4 is 5.32 Å². The third-order valence-electron chi connectivity index (χ3n) is 4.29.